The third kappa shape index (κ3) is 5.65. The van der Waals surface area contributed by atoms with Crippen LogP contribution in [-0.2, 0) is 0 Å². The Labute approximate surface area is 194 Å². The molecular formula is C21H13BrClIN2O3. The molecule has 0 saturated heterocycles. The Bertz CT molecular complexity index is 1100. The Kier molecular flexibility index (Phi) is 7.40. The van der Waals surface area contributed by atoms with Crippen LogP contribution >= 0.6 is 50.1 Å². The molecule has 0 aliphatic rings. The van der Waals surface area contributed by atoms with Crippen LogP contribution in [-0.4, -0.2) is 18.1 Å². The second kappa shape index (κ2) is 10.00. The highest BCUT2D eigenvalue weighted by Crippen LogP contribution is 2.24. The molecule has 0 radical (unpaired) electrons. The predicted molar refractivity (Wildman–Crippen MR) is 125 cm³/mol. The Morgan fingerprint density at radius 1 is 1.03 bits per heavy atom. The molecule has 1 amide bonds. The van der Waals surface area contributed by atoms with Gasteiger partial charge in [-0.3, -0.25) is 4.79 Å². The van der Waals surface area contributed by atoms with Gasteiger partial charge in [-0.25, -0.2) is 10.2 Å². The summed E-state index contributed by atoms with van der Waals surface area (Å²) in [6, 6.07) is 18.9. The molecule has 0 aromatic heterocycles. The predicted octanol–water partition coefficient (Wildman–Crippen LogP) is 5.69. The molecule has 0 bridgehead atoms. The third-order valence-electron chi connectivity index (χ3n) is 3.76. The van der Waals surface area contributed by atoms with Crippen molar-refractivity contribution in [2.75, 3.05) is 0 Å². The summed E-state index contributed by atoms with van der Waals surface area (Å²) < 4.78 is 7.06. The fraction of sp³-hybridized carbons (Fsp3) is 0. The number of halogens is 3. The zero-order chi connectivity index (χ0) is 20.8. The summed E-state index contributed by atoms with van der Waals surface area (Å²) in [4.78, 5) is 24.7. The maximum atomic E-state index is 12.4. The minimum Gasteiger partial charge on any atom is -0.422 e. The van der Waals surface area contributed by atoms with E-state index in [0.29, 0.717) is 16.1 Å². The lowest BCUT2D eigenvalue weighted by Gasteiger charge is -2.09. The molecule has 146 valence electrons. The molecule has 5 nitrogen and oxygen atoms in total. The van der Waals surface area contributed by atoms with Crippen molar-refractivity contribution in [2.24, 2.45) is 5.10 Å². The number of benzene rings is 3. The second-order valence-corrected chi connectivity index (χ2v) is 8.22. The minimum atomic E-state index is -0.588. The molecule has 3 rings (SSSR count). The highest BCUT2D eigenvalue weighted by molar-refractivity contribution is 14.1. The van der Waals surface area contributed by atoms with Gasteiger partial charge in [-0.2, -0.15) is 5.10 Å². The molecule has 0 atom stereocenters. The van der Waals surface area contributed by atoms with E-state index in [9.17, 15) is 9.59 Å². The van der Waals surface area contributed by atoms with Crippen molar-refractivity contribution in [3.05, 3.63) is 96.5 Å². The Morgan fingerprint density at radius 3 is 2.45 bits per heavy atom. The number of esters is 1. The Hall–Kier alpha value is -2.23. The van der Waals surface area contributed by atoms with Crippen LogP contribution in [0.1, 0.15) is 26.3 Å². The van der Waals surface area contributed by atoms with E-state index < -0.39 is 5.97 Å². The van der Waals surface area contributed by atoms with E-state index in [2.05, 4.69) is 49.0 Å². The molecule has 0 aliphatic heterocycles. The maximum Gasteiger partial charge on any atom is 0.345 e. The van der Waals surface area contributed by atoms with E-state index in [1.807, 2.05) is 12.1 Å². The fourth-order valence-electron chi connectivity index (χ4n) is 2.36. The first-order chi connectivity index (χ1) is 14.0. The smallest absolute Gasteiger partial charge is 0.345 e. The molecule has 29 heavy (non-hydrogen) atoms. The molecular weight excluding hydrogens is 571 g/mol. The van der Waals surface area contributed by atoms with Crippen LogP contribution in [0.25, 0.3) is 0 Å². The van der Waals surface area contributed by atoms with E-state index >= 15 is 0 Å². The van der Waals surface area contributed by atoms with Crippen LogP contribution in [0, 0.1) is 3.57 Å². The molecule has 3 aromatic carbocycles. The minimum absolute atomic E-state index is 0.256. The van der Waals surface area contributed by atoms with Gasteiger partial charge in [-0.05, 0) is 65.1 Å². The molecule has 0 saturated carbocycles. The molecule has 0 spiro atoms. The Morgan fingerprint density at radius 2 is 1.72 bits per heavy atom. The van der Waals surface area contributed by atoms with Crippen LogP contribution in [0.5, 0.6) is 5.75 Å². The summed E-state index contributed by atoms with van der Waals surface area (Å²) in [7, 11) is 0. The number of hydrogen-bond donors (Lipinski definition) is 1. The third-order valence-corrected chi connectivity index (χ3v) is 5.52. The van der Waals surface area contributed by atoms with Crippen LogP contribution in [0.15, 0.2) is 76.3 Å². The van der Waals surface area contributed by atoms with Gasteiger partial charge in [0.1, 0.15) is 5.75 Å². The van der Waals surface area contributed by atoms with Gasteiger partial charge in [0.15, 0.2) is 0 Å². The molecule has 0 heterocycles. The lowest BCUT2D eigenvalue weighted by atomic mass is 10.2. The second-order valence-electron chi connectivity index (χ2n) is 5.73. The van der Waals surface area contributed by atoms with E-state index in [1.165, 1.54) is 6.21 Å². The highest BCUT2D eigenvalue weighted by atomic mass is 127. The highest BCUT2D eigenvalue weighted by Gasteiger charge is 2.14. The number of amides is 1. The van der Waals surface area contributed by atoms with Crippen molar-refractivity contribution >= 4 is 68.2 Å². The zero-order valence-corrected chi connectivity index (χ0v) is 19.2. The number of carbonyl (C=O) groups is 2. The van der Waals surface area contributed by atoms with Crippen LogP contribution < -0.4 is 10.2 Å². The molecule has 0 unspecified atom stereocenters. The topological polar surface area (TPSA) is 67.8 Å². The summed E-state index contributed by atoms with van der Waals surface area (Å²) in [6.07, 6.45) is 1.41. The van der Waals surface area contributed by atoms with Crippen molar-refractivity contribution in [1.82, 2.24) is 5.43 Å². The number of hydrogen-bond acceptors (Lipinski definition) is 4. The summed E-state index contributed by atoms with van der Waals surface area (Å²) in [5, 5.41) is 4.29. The SMILES string of the molecule is O=C(Oc1ccc(Br)cc1/C=N\NC(=O)c1ccccc1I)c1ccccc1Cl. The zero-order valence-electron chi connectivity index (χ0n) is 14.7. The van der Waals surface area contributed by atoms with Gasteiger partial charge >= 0.3 is 5.97 Å². The quantitative estimate of drug-likeness (QED) is 0.138. The van der Waals surface area contributed by atoms with Gasteiger partial charge in [0.2, 0.25) is 0 Å². The summed E-state index contributed by atoms with van der Waals surface area (Å²) >= 11 is 11.5. The lowest BCUT2D eigenvalue weighted by Crippen LogP contribution is -2.18. The van der Waals surface area contributed by atoms with E-state index in [-0.39, 0.29) is 17.2 Å². The molecule has 1 N–H and O–H groups in total. The molecule has 0 fully saturated rings. The molecule has 3 aromatic rings. The average Bonchev–Trinajstić information content (AvgIpc) is 2.70. The summed E-state index contributed by atoms with van der Waals surface area (Å²) in [5.41, 5.74) is 3.76. The van der Waals surface area contributed by atoms with Crippen molar-refractivity contribution in [3.63, 3.8) is 0 Å². The van der Waals surface area contributed by atoms with Crippen LogP contribution in [0.3, 0.4) is 0 Å². The van der Waals surface area contributed by atoms with Gasteiger partial charge < -0.3 is 4.74 Å². The molecule has 0 aliphatic carbocycles. The first-order valence-corrected chi connectivity index (χ1v) is 10.5. The first kappa shape index (κ1) is 21.5. The van der Waals surface area contributed by atoms with Crippen LogP contribution in [0.2, 0.25) is 5.02 Å². The number of carbonyl (C=O) groups excluding carboxylic acids is 2. The Balaban J connectivity index is 1.77. The number of rotatable bonds is 5. The van der Waals surface area contributed by atoms with Gasteiger partial charge in [-0.15, -0.1) is 0 Å². The number of hydrazone groups is 1. The lowest BCUT2D eigenvalue weighted by molar-refractivity contribution is 0.0734. The number of nitrogens with one attached hydrogen (secondary N) is 1. The van der Waals surface area contributed by atoms with E-state index in [0.717, 1.165) is 8.04 Å². The number of ether oxygens (including phenoxy) is 1. The normalized spacial score (nSPS) is 10.7. The number of nitrogens with zero attached hydrogens (tertiary/aromatic N) is 1. The maximum absolute atomic E-state index is 12.4. The first-order valence-electron chi connectivity index (χ1n) is 8.30. The van der Waals surface area contributed by atoms with E-state index in [4.69, 9.17) is 16.3 Å². The summed E-state index contributed by atoms with van der Waals surface area (Å²) in [6.45, 7) is 0. The van der Waals surface area contributed by atoms with Crippen molar-refractivity contribution < 1.29 is 14.3 Å². The van der Waals surface area contributed by atoms with Crippen molar-refractivity contribution in [1.29, 1.82) is 0 Å². The van der Waals surface area contributed by atoms with Crippen molar-refractivity contribution in [2.45, 2.75) is 0 Å². The fourth-order valence-corrected chi connectivity index (χ4v) is 3.58. The van der Waals surface area contributed by atoms with Gasteiger partial charge in [-0.1, -0.05) is 51.8 Å². The average molecular weight is 584 g/mol. The van der Waals surface area contributed by atoms with Gasteiger partial charge in [0, 0.05) is 13.6 Å². The van der Waals surface area contributed by atoms with Crippen molar-refractivity contribution in [3.8, 4) is 5.75 Å². The summed E-state index contributed by atoms with van der Waals surface area (Å²) in [5.74, 6) is -0.642. The monoisotopic (exact) mass is 582 g/mol. The van der Waals surface area contributed by atoms with Gasteiger partial charge in [0.25, 0.3) is 5.91 Å². The largest absolute Gasteiger partial charge is 0.422 e. The molecule has 8 heteroatoms. The van der Waals surface area contributed by atoms with Gasteiger partial charge in [0.05, 0.1) is 22.4 Å². The van der Waals surface area contributed by atoms with Crippen LogP contribution in [0.4, 0.5) is 0 Å². The standard InChI is InChI=1S/C21H13BrClIN2O3/c22-14-9-10-19(29-21(28)15-5-1-3-7-17(15)23)13(11-14)12-25-26-20(27)16-6-2-4-8-18(16)24/h1-12H,(H,26,27)/b25-12-. The van der Waals surface area contributed by atoms with E-state index in [1.54, 1.807) is 54.6 Å².